The maximum atomic E-state index is 9.69. The quantitative estimate of drug-likeness (QED) is 0.843. The second-order valence-corrected chi connectivity index (χ2v) is 7.03. The minimum Gasteiger partial charge on any atom is -0.301 e. The molecule has 2 aliphatic heterocycles. The van der Waals surface area contributed by atoms with Crippen LogP contribution < -0.4 is 5.32 Å². The van der Waals surface area contributed by atoms with Gasteiger partial charge in [0.05, 0.1) is 6.07 Å². The third-order valence-corrected chi connectivity index (χ3v) is 5.69. The minimum atomic E-state index is -0.314. The molecule has 0 bridgehead atoms. The van der Waals surface area contributed by atoms with Crippen LogP contribution in [0, 0.1) is 17.2 Å². The number of hydrogen-bond donors (Lipinski definition) is 1. The van der Waals surface area contributed by atoms with Crippen LogP contribution in [0.5, 0.6) is 0 Å². The summed E-state index contributed by atoms with van der Waals surface area (Å²) in [5.41, 5.74) is -0.314. The second kappa shape index (κ2) is 5.63. The Kier molecular flexibility index (Phi) is 4.03. The fourth-order valence-electron chi connectivity index (χ4n) is 4.12. The highest BCUT2D eigenvalue weighted by Gasteiger charge is 2.47. The molecule has 0 aromatic rings. The third-order valence-electron chi connectivity index (χ3n) is 5.69. The SMILES string of the molecule is CNC(C#N)(CN1CC2CCCCN2CC1C)C1CC1. The van der Waals surface area contributed by atoms with E-state index in [-0.39, 0.29) is 5.54 Å². The first-order chi connectivity index (χ1) is 9.68. The average Bonchev–Trinajstić information content (AvgIpc) is 3.30. The molecule has 1 N–H and O–H groups in total. The fourth-order valence-corrected chi connectivity index (χ4v) is 4.12. The van der Waals surface area contributed by atoms with Gasteiger partial charge in [-0.2, -0.15) is 5.26 Å². The Labute approximate surface area is 123 Å². The minimum absolute atomic E-state index is 0.314. The largest absolute Gasteiger partial charge is 0.301 e. The van der Waals surface area contributed by atoms with Gasteiger partial charge in [-0.25, -0.2) is 0 Å². The molecule has 1 aliphatic carbocycles. The number of piperidine rings is 1. The predicted octanol–water partition coefficient (Wildman–Crippen LogP) is 1.44. The molecule has 3 fully saturated rings. The molecule has 0 radical (unpaired) electrons. The Morgan fingerprint density at radius 1 is 1.25 bits per heavy atom. The molecule has 0 amide bonds. The van der Waals surface area contributed by atoms with Crippen LogP contribution in [0.1, 0.15) is 39.0 Å². The van der Waals surface area contributed by atoms with Gasteiger partial charge < -0.3 is 5.32 Å². The van der Waals surface area contributed by atoms with Gasteiger partial charge in [-0.15, -0.1) is 0 Å². The molecule has 1 saturated carbocycles. The summed E-state index contributed by atoms with van der Waals surface area (Å²) in [5.74, 6) is 0.564. The molecule has 20 heavy (non-hydrogen) atoms. The lowest BCUT2D eigenvalue weighted by molar-refractivity contribution is 0.00451. The van der Waals surface area contributed by atoms with Gasteiger partial charge in [0.2, 0.25) is 0 Å². The van der Waals surface area contributed by atoms with Gasteiger partial charge in [0.15, 0.2) is 0 Å². The Morgan fingerprint density at radius 2 is 2.05 bits per heavy atom. The topological polar surface area (TPSA) is 42.3 Å². The lowest BCUT2D eigenvalue weighted by Crippen LogP contribution is -2.63. The first-order valence-corrected chi connectivity index (χ1v) is 8.27. The number of likely N-dealkylation sites (N-methyl/N-ethyl adjacent to an activating group) is 1. The van der Waals surface area contributed by atoms with Crippen LogP contribution in [0.2, 0.25) is 0 Å². The van der Waals surface area contributed by atoms with Crippen molar-refractivity contribution in [3.05, 3.63) is 0 Å². The second-order valence-electron chi connectivity index (χ2n) is 7.03. The zero-order valence-corrected chi connectivity index (χ0v) is 12.9. The number of fused-ring (bicyclic) bond motifs is 1. The first-order valence-electron chi connectivity index (χ1n) is 8.27. The maximum Gasteiger partial charge on any atom is 0.122 e. The Balaban J connectivity index is 1.68. The number of piperazine rings is 1. The van der Waals surface area contributed by atoms with Gasteiger partial charge in [-0.05, 0) is 52.1 Å². The summed E-state index contributed by atoms with van der Waals surface area (Å²) in [7, 11) is 1.96. The molecule has 3 rings (SSSR count). The van der Waals surface area contributed by atoms with E-state index in [0.29, 0.717) is 12.0 Å². The van der Waals surface area contributed by atoms with E-state index in [1.165, 1.54) is 45.2 Å². The van der Waals surface area contributed by atoms with Crippen molar-refractivity contribution in [3.63, 3.8) is 0 Å². The van der Waals surface area contributed by atoms with Crippen LogP contribution in [0.4, 0.5) is 0 Å². The molecule has 0 spiro atoms. The molecule has 3 aliphatic rings. The monoisotopic (exact) mass is 276 g/mol. The molecule has 2 saturated heterocycles. The van der Waals surface area contributed by atoms with Crippen LogP contribution in [0.3, 0.4) is 0 Å². The van der Waals surface area contributed by atoms with Crippen molar-refractivity contribution >= 4 is 0 Å². The lowest BCUT2D eigenvalue weighted by Gasteiger charge is -2.49. The predicted molar refractivity (Wildman–Crippen MR) is 80.4 cm³/mol. The Bertz CT molecular complexity index is 386. The Morgan fingerprint density at radius 3 is 2.70 bits per heavy atom. The van der Waals surface area contributed by atoms with E-state index < -0.39 is 0 Å². The van der Waals surface area contributed by atoms with Gasteiger partial charge in [0.1, 0.15) is 5.54 Å². The third kappa shape index (κ3) is 2.59. The van der Waals surface area contributed by atoms with E-state index in [1.54, 1.807) is 0 Å². The smallest absolute Gasteiger partial charge is 0.122 e. The molecule has 4 nitrogen and oxygen atoms in total. The number of nitrogens with one attached hydrogen (secondary N) is 1. The molecule has 3 unspecified atom stereocenters. The van der Waals surface area contributed by atoms with Gasteiger partial charge in [0, 0.05) is 31.7 Å². The van der Waals surface area contributed by atoms with Crippen molar-refractivity contribution < 1.29 is 0 Å². The summed E-state index contributed by atoms with van der Waals surface area (Å²) >= 11 is 0. The standard InChI is InChI=1S/C16H28N4/c1-13-9-19-8-4-3-5-15(19)10-20(13)12-16(11-17,18-2)14-6-7-14/h13-15,18H,3-10,12H2,1-2H3. The molecule has 2 heterocycles. The summed E-state index contributed by atoms with van der Waals surface area (Å²) < 4.78 is 0. The average molecular weight is 276 g/mol. The summed E-state index contributed by atoms with van der Waals surface area (Å²) in [6.45, 7) is 6.84. The molecule has 0 aromatic heterocycles. The van der Waals surface area contributed by atoms with Crippen LogP contribution in [0.15, 0.2) is 0 Å². The van der Waals surface area contributed by atoms with Crippen molar-refractivity contribution in [1.82, 2.24) is 15.1 Å². The normalized spacial score (nSPS) is 35.0. The number of hydrogen-bond acceptors (Lipinski definition) is 4. The van der Waals surface area contributed by atoms with Gasteiger partial charge in [-0.1, -0.05) is 6.42 Å². The molecule has 4 heteroatoms. The van der Waals surface area contributed by atoms with E-state index in [4.69, 9.17) is 0 Å². The first kappa shape index (κ1) is 14.3. The zero-order chi connectivity index (χ0) is 14.2. The van der Waals surface area contributed by atoms with Crippen LogP contribution in [-0.2, 0) is 0 Å². The summed E-state index contributed by atoms with van der Waals surface area (Å²) in [5, 5.41) is 13.0. The lowest BCUT2D eigenvalue weighted by atomic mass is 9.91. The Hall–Kier alpha value is -0.630. The van der Waals surface area contributed by atoms with Crippen molar-refractivity contribution in [2.75, 3.05) is 33.2 Å². The van der Waals surface area contributed by atoms with Crippen molar-refractivity contribution in [2.45, 2.75) is 56.7 Å². The number of rotatable bonds is 4. The molecule has 3 atom stereocenters. The highest BCUT2D eigenvalue weighted by Crippen LogP contribution is 2.40. The van der Waals surface area contributed by atoms with E-state index >= 15 is 0 Å². The van der Waals surface area contributed by atoms with E-state index in [9.17, 15) is 5.26 Å². The highest BCUT2D eigenvalue weighted by atomic mass is 15.3. The fraction of sp³-hybridized carbons (Fsp3) is 0.938. The molecule has 112 valence electrons. The molecule has 0 aromatic carbocycles. The van der Waals surface area contributed by atoms with Crippen LogP contribution >= 0.6 is 0 Å². The van der Waals surface area contributed by atoms with E-state index in [2.05, 4.69) is 28.1 Å². The highest BCUT2D eigenvalue weighted by molar-refractivity contribution is 5.16. The summed E-state index contributed by atoms with van der Waals surface area (Å²) in [4.78, 5) is 5.25. The molecular weight excluding hydrogens is 248 g/mol. The van der Waals surface area contributed by atoms with Crippen molar-refractivity contribution in [3.8, 4) is 6.07 Å². The number of nitrogens with zero attached hydrogens (tertiary/aromatic N) is 3. The zero-order valence-electron chi connectivity index (χ0n) is 12.9. The van der Waals surface area contributed by atoms with Crippen LogP contribution in [-0.4, -0.2) is 60.6 Å². The molecular formula is C16H28N4. The van der Waals surface area contributed by atoms with Gasteiger partial charge in [-0.3, -0.25) is 9.80 Å². The van der Waals surface area contributed by atoms with Gasteiger partial charge >= 0.3 is 0 Å². The van der Waals surface area contributed by atoms with Crippen molar-refractivity contribution in [2.24, 2.45) is 5.92 Å². The maximum absolute atomic E-state index is 9.69. The summed E-state index contributed by atoms with van der Waals surface area (Å²) in [6.07, 6.45) is 6.51. The van der Waals surface area contributed by atoms with Gasteiger partial charge in [0.25, 0.3) is 0 Å². The van der Waals surface area contributed by atoms with E-state index in [0.717, 1.165) is 19.1 Å². The summed E-state index contributed by atoms with van der Waals surface area (Å²) in [6, 6.07) is 3.90. The van der Waals surface area contributed by atoms with E-state index in [1.807, 2.05) is 7.05 Å². The van der Waals surface area contributed by atoms with Crippen LogP contribution in [0.25, 0.3) is 0 Å². The van der Waals surface area contributed by atoms with Crippen molar-refractivity contribution in [1.29, 1.82) is 5.26 Å². The number of nitriles is 1.